The van der Waals surface area contributed by atoms with Crippen LogP contribution < -0.4 is 0 Å². The maximum absolute atomic E-state index is 13.5. The smallest absolute Gasteiger partial charge is 0.308 e. The van der Waals surface area contributed by atoms with E-state index in [0.717, 1.165) is 25.7 Å². The van der Waals surface area contributed by atoms with Gasteiger partial charge in [-0.2, -0.15) is 0 Å². The van der Waals surface area contributed by atoms with E-state index >= 15 is 0 Å². The van der Waals surface area contributed by atoms with Crippen LogP contribution in [0.2, 0.25) is 0 Å². The molecule has 0 spiro atoms. The Hall–Kier alpha value is 0.300. The summed E-state index contributed by atoms with van der Waals surface area (Å²) in [5, 5.41) is -2.00. The van der Waals surface area contributed by atoms with Gasteiger partial charge < -0.3 is 13.6 Å². The van der Waals surface area contributed by atoms with E-state index in [0.29, 0.717) is 19.6 Å². The van der Waals surface area contributed by atoms with Gasteiger partial charge in [0.25, 0.3) is 0 Å². The Morgan fingerprint density at radius 1 is 1.04 bits per heavy atom. The normalized spacial score (nSPS) is 29.9. The van der Waals surface area contributed by atoms with Gasteiger partial charge in [-0.05, 0) is 40.5 Å². The molecule has 144 valence electrons. The van der Waals surface area contributed by atoms with Gasteiger partial charge in [-0.15, -0.1) is 0 Å². The molecule has 24 heavy (non-hydrogen) atoms. The Balaban J connectivity index is 3.07. The molecule has 8 heteroatoms. The van der Waals surface area contributed by atoms with Gasteiger partial charge in [0.2, 0.25) is 0 Å². The van der Waals surface area contributed by atoms with Crippen molar-refractivity contribution in [3.63, 3.8) is 0 Å². The summed E-state index contributed by atoms with van der Waals surface area (Å²) in [6.45, 7) is 12.1. The molecule has 1 saturated heterocycles. The fourth-order valence-corrected chi connectivity index (χ4v) is 7.66. The van der Waals surface area contributed by atoms with Crippen LogP contribution >= 0.6 is 15.2 Å². The van der Waals surface area contributed by atoms with E-state index in [-0.39, 0.29) is 6.61 Å². The summed E-state index contributed by atoms with van der Waals surface area (Å²) in [6, 6.07) is 0. The summed E-state index contributed by atoms with van der Waals surface area (Å²) in [7, 11) is -7.00. The van der Waals surface area contributed by atoms with Crippen molar-refractivity contribution < 1.29 is 27.2 Å². The van der Waals surface area contributed by atoms with Gasteiger partial charge in [-0.3, -0.25) is 13.7 Å². The largest absolute Gasteiger partial charge is 0.362 e. The summed E-state index contributed by atoms with van der Waals surface area (Å²) in [4.78, 5) is 0. The molecule has 2 unspecified atom stereocenters. The third-order valence-corrected chi connectivity index (χ3v) is 9.69. The standard InChI is InChI=1S/C16H34O6P2/c1-7-10-12-20-24(18,21-13-11-8-2)16(6)14-15(4,5)23(17,22-16)19-9-3/h7-14H2,1-6H3. The van der Waals surface area contributed by atoms with Gasteiger partial charge in [0, 0.05) is 6.42 Å². The van der Waals surface area contributed by atoms with Crippen LogP contribution in [-0.4, -0.2) is 30.3 Å². The van der Waals surface area contributed by atoms with Gasteiger partial charge in [0.1, 0.15) is 0 Å². The molecular weight excluding hydrogens is 350 g/mol. The topological polar surface area (TPSA) is 71.1 Å². The summed E-state index contributed by atoms with van der Waals surface area (Å²) < 4.78 is 49.3. The number of unbranched alkanes of at least 4 members (excludes halogenated alkanes) is 2. The third kappa shape index (κ3) is 4.72. The zero-order valence-electron chi connectivity index (χ0n) is 16.0. The fraction of sp³-hybridized carbons (Fsp3) is 1.00. The van der Waals surface area contributed by atoms with Crippen molar-refractivity contribution in [3.8, 4) is 0 Å². The highest BCUT2D eigenvalue weighted by Crippen LogP contribution is 2.79. The molecule has 1 heterocycles. The Morgan fingerprint density at radius 2 is 1.54 bits per heavy atom. The van der Waals surface area contributed by atoms with E-state index in [1.54, 1.807) is 13.8 Å². The quantitative estimate of drug-likeness (QED) is 0.323. The molecule has 6 nitrogen and oxygen atoms in total. The number of hydrogen-bond acceptors (Lipinski definition) is 6. The predicted octanol–water partition coefficient (Wildman–Crippen LogP) is 5.96. The molecule has 1 aliphatic rings. The SMILES string of the molecule is CCCCOP(=O)(OCCCC)C1(C)CC(C)(C)P(=O)(OCC)O1. The summed E-state index contributed by atoms with van der Waals surface area (Å²) in [5.41, 5.74) is 0. The van der Waals surface area contributed by atoms with Gasteiger partial charge >= 0.3 is 15.2 Å². The first kappa shape index (κ1) is 22.3. The molecule has 0 aliphatic carbocycles. The third-order valence-electron chi connectivity index (χ3n) is 4.22. The maximum Gasteiger partial charge on any atom is 0.362 e. The molecule has 0 N–H and O–H groups in total. The van der Waals surface area contributed by atoms with Crippen molar-refractivity contribution in [3.05, 3.63) is 0 Å². The Labute approximate surface area is 147 Å². The molecule has 0 aromatic rings. The minimum atomic E-state index is -3.60. The van der Waals surface area contributed by atoms with Crippen molar-refractivity contribution in [2.24, 2.45) is 0 Å². The highest BCUT2D eigenvalue weighted by Gasteiger charge is 2.66. The lowest BCUT2D eigenvalue weighted by Gasteiger charge is -2.32. The molecule has 0 aromatic carbocycles. The van der Waals surface area contributed by atoms with E-state index in [9.17, 15) is 9.13 Å². The minimum Gasteiger partial charge on any atom is -0.308 e. The highest BCUT2D eigenvalue weighted by molar-refractivity contribution is 7.60. The van der Waals surface area contributed by atoms with Crippen LogP contribution in [-0.2, 0) is 27.2 Å². The van der Waals surface area contributed by atoms with Crippen LogP contribution in [0, 0.1) is 0 Å². The lowest BCUT2D eigenvalue weighted by molar-refractivity contribution is 0.0950. The first-order valence-electron chi connectivity index (χ1n) is 8.94. The van der Waals surface area contributed by atoms with Crippen molar-refractivity contribution in [2.75, 3.05) is 19.8 Å². The average molecular weight is 384 g/mol. The summed E-state index contributed by atoms with van der Waals surface area (Å²) in [6.07, 6.45) is 3.71. The van der Waals surface area contributed by atoms with E-state index < -0.39 is 25.7 Å². The molecule has 0 saturated carbocycles. The first-order chi connectivity index (χ1) is 11.1. The molecular formula is C16H34O6P2. The lowest BCUT2D eigenvalue weighted by atomic mass is 10.1. The summed E-state index contributed by atoms with van der Waals surface area (Å²) in [5.74, 6) is 0. The molecule has 0 bridgehead atoms. The summed E-state index contributed by atoms with van der Waals surface area (Å²) >= 11 is 0. The molecule has 0 radical (unpaired) electrons. The second-order valence-corrected chi connectivity index (χ2v) is 12.1. The zero-order valence-corrected chi connectivity index (χ0v) is 17.8. The van der Waals surface area contributed by atoms with Gasteiger partial charge in [-0.1, -0.05) is 26.7 Å². The molecule has 1 fully saturated rings. The Kier molecular flexibility index (Phi) is 8.19. The Morgan fingerprint density at radius 3 is 1.96 bits per heavy atom. The highest BCUT2D eigenvalue weighted by atomic mass is 31.2. The first-order valence-corrected chi connectivity index (χ1v) is 12.0. The van der Waals surface area contributed by atoms with Crippen LogP contribution in [0.1, 0.15) is 73.6 Å². The van der Waals surface area contributed by atoms with Crippen LogP contribution in [0.25, 0.3) is 0 Å². The predicted molar refractivity (Wildman–Crippen MR) is 96.7 cm³/mol. The second-order valence-electron chi connectivity index (χ2n) is 7.04. The van der Waals surface area contributed by atoms with Crippen molar-refractivity contribution in [1.29, 1.82) is 0 Å². The van der Waals surface area contributed by atoms with E-state index in [4.69, 9.17) is 18.1 Å². The van der Waals surface area contributed by atoms with Crippen LogP contribution in [0.4, 0.5) is 0 Å². The van der Waals surface area contributed by atoms with Crippen LogP contribution in [0.5, 0.6) is 0 Å². The van der Waals surface area contributed by atoms with Crippen LogP contribution in [0.15, 0.2) is 0 Å². The second kappa shape index (κ2) is 8.79. The van der Waals surface area contributed by atoms with Crippen LogP contribution in [0.3, 0.4) is 0 Å². The lowest BCUT2D eigenvalue weighted by Crippen LogP contribution is -2.28. The van der Waals surface area contributed by atoms with Gasteiger partial charge in [0.15, 0.2) is 5.34 Å². The molecule has 1 rings (SSSR count). The Bertz CT molecular complexity index is 479. The van der Waals surface area contributed by atoms with E-state index in [1.807, 2.05) is 27.7 Å². The van der Waals surface area contributed by atoms with Crippen molar-refractivity contribution in [2.45, 2.75) is 84.1 Å². The van der Waals surface area contributed by atoms with Gasteiger partial charge in [0.05, 0.1) is 25.0 Å². The fourth-order valence-electron chi connectivity index (χ4n) is 2.80. The average Bonchev–Trinajstić information content (AvgIpc) is 2.66. The van der Waals surface area contributed by atoms with Crippen molar-refractivity contribution in [1.82, 2.24) is 0 Å². The monoisotopic (exact) mass is 384 g/mol. The maximum atomic E-state index is 13.5. The van der Waals surface area contributed by atoms with E-state index in [2.05, 4.69) is 0 Å². The minimum absolute atomic E-state index is 0.272. The van der Waals surface area contributed by atoms with Crippen molar-refractivity contribution >= 4 is 15.2 Å². The zero-order chi connectivity index (χ0) is 18.5. The number of hydrogen-bond donors (Lipinski definition) is 0. The van der Waals surface area contributed by atoms with Gasteiger partial charge in [-0.25, -0.2) is 0 Å². The molecule has 0 amide bonds. The number of rotatable bonds is 11. The molecule has 2 atom stereocenters. The molecule has 0 aromatic heterocycles. The van der Waals surface area contributed by atoms with E-state index in [1.165, 1.54) is 0 Å². The molecule has 1 aliphatic heterocycles.